The molecule has 0 aromatic heterocycles. The van der Waals surface area contributed by atoms with Gasteiger partial charge in [0.2, 0.25) is 5.91 Å². The summed E-state index contributed by atoms with van der Waals surface area (Å²) in [6, 6.07) is -0.197. The molecule has 1 fully saturated rings. The molecule has 5 heteroatoms. The van der Waals surface area contributed by atoms with Crippen molar-refractivity contribution in [3.8, 4) is 0 Å². The van der Waals surface area contributed by atoms with Crippen molar-refractivity contribution >= 4 is 11.8 Å². The van der Waals surface area contributed by atoms with Crippen LogP contribution in [0.2, 0.25) is 0 Å². The van der Waals surface area contributed by atoms with Gasteiger partial charge in [-0.3, -0.25) is 14.5 Å². The Morgan fingerprint density at radius 1 is 1.62 bits per heavy atom. The molecule has 5 nitrogen and oxygen atoms in total. The zero-order valence-corrected chi connectivity index (χ0v) is 7.78. The molecule has 13 heavy (non-hydrogen) atoms. The smallest absolute Gasteiger partial charge is 0.252 e. The minimum atomic E-state index is -1.39. The van der Waals surface area contributed by atoms with Gasteiger partial charge in [0.05, 0.1) is 13.0 Å². The number of aliphatic hydroxyl groups is 1. The van der Waals surface area contributed by atoms with E-state index in [9.17, 15) is 9.59 Å². The third-order valence-electron chi connectivity index (χ3n) is 2.18. The minimum Gasteiger partial charge on any atom is -0.394 e. The Hall–Kier alpha value is -0.940. The molecule has 1 aliphatic rings. The van der Waals surface area contributed by atoms with Gasteiger partial charge < -0.3 is 10.8 Å². The van der Waals surface area contributed by atoms with E-state index in [0.717, 1.165) is 4.90 Å². The summed E-state index contributed by atoms with van der Waals surface area (Å²) in [6.45, 7) is 2.98. The summed E-state index contributed by atoms with van der Waals surface area (Å²) in [5.74, 6) is -0.786. The van der Waals surface area contributed by atoms with Crippen LogP contribution in [0.4, 0.5) is 0 Å². The maximum absolute atomic E-state index is 11.5. The van der Waals surface area contributed by atoms with E-state index >= 15 is 0 Å². The monoisotopic (exact) mass is 186 g/mol. The van der Waals surface area contributed by atoms with Crippen molar-refractivity contribution in [1.29, 1.82) is 0 Å². The summed E-state index contributed by atoms with van der Waals surface area (Å²) in [6.07, 6.45) is -0.0967. The summed E-state index contributed by atoms with van der Waals surface area (Å²) < 4.78 is 0. The predicted octanol–water partition coefficient (Wildman–Crippen LogP) is -1.16. The van der Waals surface area contributed by atoms with Crippen molar-refractivity contribution < 1.29 is 14.7 Å². The van der Waals surface area contributed by atoms with Crippen LogP contribution in [0, 0.1) is 0 Å². The van der Waals surface area contributed by atoms with Crippen LogP contribution < -0.4 is 5.73 Å². The number of carbonyl (C=O) groups excluding carboxylic acids is 2. The van der Waals surface area contributed by atoms with Gasteiger partial charge >= 0.3 is 0 Å². The number of likely N-dealkylation sites (tertiary alicyclic amines) is 1. The van der Waals surface area contributed by atoms with Gasteiger partial charge in [0, 0.05) is 6.04 Å². The molecule has 0 saturated carbocycles. The highest BCUT2D eigenvalue weighted by Gasteiger charge is 2.49. The molecule has 0 spiro atoms. The summed E-state index contributed by atoms with van der Waals surface area (Å²) in [5.41, 5.74) is 4.17. The van der Waals surface area contributed by atoms with E-state index in [2.05, 4.69) is 0 Å². The topological polar surface area (TPSA) is 83.6 Å². The Bertz CT molecular complexity index is 252. The summed E-state index contributed by atoms with van der Waals surface area (Å²) >= 11 is 0. The van der Waals surface area contributed by atoms with Crippen molar-refractivity contribution in [2.45, 2.75) is 31.8 Å². The zero-order valence-electron chi connectivity index (χ0n) is 7.78. The molecular formula is C8H14N2O3. The largest absolute Gasteiger partial charge is 0.394 e. The van der Waals surface area contributed by atoms with Gasteiger partial charge in [0.25, 0.3) is 5.91 Å². The first-order valence-electron chi connectivity index (χ1n) is 4.18. The third kappa shape index (κ3) is 1.45. The third-order valence-corrected chi connectivity index (χ3v) is 2.18. The lowest BCUT2D eigenvalue weighted by atomic mass is 10.0. The number of nitrogens with zero attached hydrogens (tertiary/aromatic N) is 1. The van der Waals surface area contributed by atoms with Crippen LogP contribution in [-0.4, -0.2) is 40.0 Å². The Labute approximate surface area is 76.5 Å². The number of aliphatic hydroxyl groups excluding tert-OH is 1. The van der Waals surface area contributed by atoms with Gasteiger partial charge in [-0.15, -0.1) is 0 Å². The molecule has 1 heterocycles. The van der Waals surface area contributed by atoms with Crippen LogP contribution >= 0.6 is 0 Å². The minimum absolute atomic E-state index is 0.0967. The lowest BCUT2D eigenvalue weighted by molar-refractivity contribution is -0.142. The molecule has 2 amide bonds. The molecule has 1 saturated heterocycles. The molecule has 0 aromatic rings. The van der Waals surface area contributed by atoms with E-state index < -0.39 is 18.1 Å². The van der Waals surface area contributed by atoms with E-state index in [4.69, 9.17) is 10.8 Å². The standard InChI is InChI=1S/C8H14N2O3/c1-5(2)10-6(12)3-8(9,4-11)7(10)13/h5,11H,3-4,9H2,1-2H3. The van der Waals surface area contributed by atoms with Crippen molar-refractivity contribution in [3.05, 3.63) is 0 Å². The first-order valence-corrected chi connectivity index (χ1v) is 4.18. The number of amides is 2. The van der Waals surface area contributed by atoms with Crippen molar-refractivity contribution in [3.63, 3.8) is 0 Å². The fourth-order valence-corrected chi connectivity index (χ4v) is 1.43. The number of nitrogens with two attached hydrogens (primary N) is 1. The average Bonchev–Trinajstić information content (AvgIpc) is 2.24. The van der Waals surface area contributed by atoms with Gasteiger partial charge in [-0.25, -0.2) is 0 Å². The Morgan fingerprint density at radius 2 is 2.15 bits per heavy atom. The van der Waals surface area contributed by atoms with Crippen LogP contribution in [-0.2, 0) is 9.59 Å². The van der Waals surface area contributed by atoms with Gasteiger partial charge in [-0.1, -0.05) is 0 Å². The number of hydrogen-bond donors (Lipinski definition) is 2. The summed E-state index contributed by atoms with van der Waals surface area (Å²) in [4.78, 5) is 24.0. The molecule has 0 aromatic carbocycles. The second-order valence-electron chi connectivity index (χ2n) is 3.65. The lowest BCUT2D eigenvalue weighted by Gasteiger charge is -2.22. The molecule has 1 unspecified atom stereocenters. The number of rotatable bonds is 2. The van der Waals surface area contributed by atoms with Crippen molar-refractivity contribution in [2.75, 3.05) is 6.61 Å². The molecule has 0 bridgehead atoms. The number of imide groups is 1. The predicted molar refractivity (Wildman–Crippen MR) is 45.6 cm³/mol. The van der Waals surface area contributed by atoms with Gasteiger partial charge in [0.1, 0.15) is 5.54 Å². The van der Waals surface area contributed by atoms with E-state index in [-0.39, 0.29) is 18.4 Å². The highest BCUT2D eigenvalue weighted by atomic mass is 16.3. The van der Waals surface area contributed by atoms with Crippen molar-refractivity contribution in [1.82, 2.24) is 4.90 Å². The Morgan fingerprint density at radius 3 is 2.38 bits per heavy atom. The molecule has 1 rings (SSSR count). The quantitative estimate of drug-likeness (QED) is 0.533. The molecule has 3 N–H and O–H groups in total. The molecule has 74 valence electrons. The van der Waals surface area contributed by atoms with E-state index in [0.29, 0.717) is 0 Å². The fourth-order valence-electron chi connectivity index (χ4n) is 1.43. The van der Waals surface area contributed by atoms with Crippen LogP contribution in [0.5, 0.6) is 0 Å². The number of hydrogen-bond acceptors (Lipinski definition) is 4. The first-order chi connectivity index (χ1) is 5.92. The molecule has 1 atom stereocenters. The summed E-state index contributed by atoms with van der Waals surface area (Å²) in [7, 11) is 0. The second kappa shape index (κ2) is 3.08. The van der Waals surface area contributed by atoms with Gasteiger partial charge in [-0.2, -0.15) is 0 Å². The number of carbonyl (C=O) groups is 2. The average molecular weight is 186 g/mol. The van der Waals surface area contributed by atoms with E-state index in [1.165, 1.54) is 0 Å². The molecule has 1 aliphatic heterocycles. The van der Waals surface area contributed by atoms with Gasteiger partial charge in [-0.05, 0) is 13.8 Å². The molecule has 0 aliphatic carbocycles. The zero-order chi connectivity index (χ0) is 10.2. The second-order valence-corrected chi connectivity index (χ2v) is 3.65. The van der Waals surface area contributed by atoms with Crippen molar-refractivity contribution in [2.24, 2.45) is 5.73 Å². The van der Waals surface area contributed by atoms with E-state index in [1.807, 2.05) is 0 Å². The van der Waals surface area contributed by atoms with Crippen LogP contribution in [0.1, 0.15) is 20.3 Å². The Kier molecular flexibility index (Phi) is 2.40. The lowest BCUT2D eigenvalue weighted by Crippen LogP contribution is -2.52. The van der Waals surface area contributed by atoms with E-state index in [1.54, 1.807) is 13.8 Å². The maximum Gasteiger partial charge on any atom is 0.252 e. The SMILES string of the molecule is CC(C)N1C(=O)CC(N)(CO)C1=O. The normalized spacial score (nSPS) is 29.2. The fraction of sp³-hybridized carbons (Fsp3) is 0.750. The van der Waals surface area contributed by atoms with Crippen LogP contribution in [0.15, 0.2) is 0 Å². The first kappa shape index (κ1) is 10.1. The maximum atomic E-state index is 11.5. The van der Waals surface area contributed by atoms with Crippen LogP contribution in [0.3, 0.4) is 0 Å². The van der Waals surface area contributed by atoms with Crippen LogP contribution in [0.25, 0.3) is 0 Å². The van der Waals surface area contributed by atoms with Gasteiger partial charge in [0.15, 0.2) is 0 Å². The highest BCUT2D eigenvalue weighted by Crippen LogP contribution is 2.23. The summed E-state index contributed by atoms with van der Waals surface area (Å²) in [5, 5.41) is 8.89. The highest BCUT2D eigenvalue weighted by molar-refractivity contribution is 6.08. The molecular weight excluding hydrogens is 172 g/mol. The molecule has 0 radical (unpaired) electrons. The Balaban J connectivity index is 2.94.